The zero-order chi connectivity index (χ0) is 13.4. The lowest BCUT2D eigenvalue weighted by Gasteiger charge is -2.21. The minimum atomic E-state index is 0.764. The van der Waals surface area contributed by atoms with E-state index in [1.54, 1.807) is 0 Å². The average molecular weight is 253 g/mol. The fraction of sp³-hybridized carbons (Fsp3) is 0.133. The van der Waals surface area contributed by atoms with Crippen LogP contribution < -0.4 is 10.6 Å². The van der Waals surface area contributed by atoms with Crippen LogP contribution in [0.4, 0.5) is 17.1 Å². The molecule has 1 aromatic heterocycles. The lowest BCUT2D eigenvalue weighted by atomic mass is 10.1. The lowest BCUT2D eigenvalue weighted by Crippen LogP contribution is -2.11. The molecule has 19 heavy (non-hydrogen) atoms. The van der Waals surface area contributed by atoms with Gasteiger partial charge in [0.05, 0.1) is 11.4 Å². The summed E-state index contributed by atoms with van der Waals surface area (Å²) in [5, 5.41) is 0. The molecule has 0 bridgehead atoms. The Morgan fingerprint density at radius 3 is 2.79 bits per heavy atom. The highest BCUT2D eigenvalue weighted by atomic mass is 16.3. The lowest BCUT2D eigenvalue weighted by molar-refractivity contribution is 0.602. The van der Waals surface area contributed by atoms with Crippen LogP contribution in [0.25, 0.3) is 11.1 Å². The van der Waals surface area contributed by atoms with Crippen LogP contribution in [-0.4, -0.2) is 12.0 Å². The van der Waals surface area contributed by atoms with Gasteiger partial charge in [0.1, 0.15) is 5.52 Å². The third-order valence-electron chi connectivity index (χ3n) is 3.25. The molecule has 0 radical (unpaired) electrons. The molecule has 0 unspecified atom stereocenters. The second-order valence-electron chi connectivity index (χ2n) is 4.63. The van der Waals surface area contributed by atoms with Gasteiger partial charge in [0, 0.05) is 18.8 Å². The quantitative estimate of drug-likeness (QED) is 0.710. The van der Waals surface area contributed by atoms with E-state index >= 15 is 0 Å². The number of nitrogens with zero attached hydrogens (tertiary/aromatic N) is 2. The maximum absolute atomic E-state index is 6.07. The van der Waals surface area contributed by atoms with E-state index in [9.17, 15) is 0 Å². The number of anilines is 3. The highest BCUT2D eigenvalue weighted by molar-refractivity contribution is 5.81. The summed E-state index contributed by atoms with van der Waals surface area (Å²) in [6, 6.07) is 11.9. The fourth-order valence-electron chi connectivity index (χ4n) is 2.17. The maximum Gasteiger partial charge on any atom is 0.181 e. The number of nitrogens with two attached hydrogens (primary N) is 1. The van der Waals surface area contributed by atoms with Crippen LogP contribution in [0.1, 0.15) is 5.56 Å². The van der Waals surface area contributed by atoms with Gasteiger partial charge in [-0.2, -0.15) is 0 Å². The van der Waals surface area contributed by atoms with Crippen molar-refractivity contribution < 1.29 is 4.42 Å². The molecule has 0 aliphatic heterocycles. The first-order chi connectivity index (χ1) is 9.15. The molecule has 0 saturated carbocycles. The first kappa shape index (κ1) is 11.6. The van der Waals surface area contributed by atoms with Gasteiger partial charge in [0.25, 0.3) is 0 Å². The number of aromatic nitrogens is 1. The fourth-order valence-corrected chi connectivity index (χ4v) is 2.17. The zero-order valence-corrected chi connectivity index (χ0v) is 10.9. The number of benzene rings is 2. The smallest absolute Gasteiger partial charge is 0.181 e. The summed E-state index contributed by atoms with van der Waals surface area (Å²) in [4.78, 5) is 6.15. The zero-order valence-electron chi connectivity index (χ0n) is 10.9. The van der Waals surface area contributed by atoms with Crippen LogP contribution in [0.5, 0.6) is 0 Å². The van der Waals surface area contributed by atoms with Gasteiger partial charge >= 0.3 is 0 Å². The highest BCUT2D eigenvalue weighted by Gasteiger charge is 2.09. The van der Waals surface area contributed by atoms with E-state index in [1.807, 2.05) is 49.2 Å². The van der Waals surface area contributed by atoms with Gasteiger partial charge in [-0.25, -0.2) is 4.98 Å². The third-order valence-corrected chi connectivity index (χ3v) is 3.25. The molecule has 1 heterocycles. The SMILES string of the molecule is Cc1ccc(N(C)c2ccc3ncoc3c2)c(N)c1. The number of hydrogen-bond acceptors (Lipinski definition) is 4. The van der Waals surface area contributed by atoms with Crippen molar-refractivity contribution in [2.24, 2.45) is 0 Å². The summed E-state index contributed by atoms with van der Waals surface area (Å²) in [7, 11) is 1.98. The monoisotopic (exact) mass is 253 g/mol. The molecule has 3 rings (SSSR count). The molecule has 2 aromatic carbocycles. The van der Waals surface area contributed by atoms with E-state index in [0.717, 1.165) is 33.7 Å². The summed E-state index contributed by atoms with van der Waals surface area (Å²) in [6.45, 7) is 2.03. The largest absolute Gasteiger partial charge is 0.443 e. The molecule has 0 aliphatic rings. The predicted molar refractivity (Wildman–Crippen MR) is 77.7 cm³/mol. The number of hydrogen-bond donors (Lipinski definition) is 1. The highest BCUT2D eigenvalue weighted by Crippen LogP contribution is 2.31. The Bertz CT molecular complexity index is 733. The molecule has 4 nitrogen and oxygen atoms in total. The summed E-state index contributed by atoms with van der Waals surface area (Å²) >= 11 is 0. The van der Waals surface area contributed by atoms with E-state index in [0.29, 0.717) is 0 Å². The van der Waals surface area contributed by atoms with Gasteiger partial charge in [-0.05, 0) is 36.8 Å². The van der Waals surface area contributed by atoms with Gasteiger partial charge in [-0.3, -0.25) is 0 Å². The number of fused-ring (bicyclic) bond motifs is 1. The van der Waals surface area contributed by atoms with Crippen molar-refractivity contribution >= 4 is 28.2 Å². The summed E-state index contributed by atoms with van der Waals surface area (Å²) in [5.41, 5.74) is 11.6. The minimum Gasteiger partial charge on any atom is -0.443 e. The molecule has 0 fully saturated rings. The van der Waals surface area contributed by atoms with E-state index in [4.69, 9.17) is 10.2 Å². The summed E-state index contributed by atoms with van der Waals surface area (Å²) in [6.07, 6.45) is 1.45. The molecular weight excluding hydrogens is 238 g/mol. The first-order valence-corrected chi connectivity index (χ1v) is 6.08. The molecule has 3 aromatic rings. The molecular formula is C15H15N3O. The Kier molecular flexibility index (Phi) is 2.63. The van der Waals surface area contributed by atoms with E-state index < -0.39 is 0 Å². The van der Waals surface area contributed by atoms with Crippen LogP contribution in [0, 0.1) is 6.92 Å². The standard InChI is InChI=1S/C15H15N3O/c1-10-3-6-14(12(16)7-10)18(2)11-4-5-13-15(8-11)19-9-17-13/h3-9H,16H2,1-2H3. The average Bonchev–Trinajstić information content (AvgIpc) is 2.85. The van der Waals surface area contributed by atoms with E-state index in [2.05, 4.69) is 11.1 Å². The summed E-state index contributed by atoms with van der Waals surface area (Å²) < 4.78 is 5.32. The Morgan fingerprint density at radius 2 is 2.00 bits per heavy atom. The Labute approximate surface area is 111 Å². The van der Waals surface area contributed by atoms with Gasteiger partial charge in [0.2, 0.25) is 0 Å². The first-order valence-electron chi connectivity index (χ1n) is 6.08. The Morgan fingerprint density at radius 1 is 1.16 bits per heavy atom. The van der Waals surface area contributed by atoms with Crippen molar-refractivity contribution in [3.8, 4) is 0 Å². The van der Waals surface area contributed by atoms with Crippen molar-refractivity contribution in [3.05, 3.63) is 48.4 Å². The van der Waals surface area contributed by atoms with Crippen LogP contribution in [0.3, 0.4) is 0 Å². The van der Waals surface area contributed by atoms with Crippen LogP contribution >= 0.6 is 0 Å². The molecule has 0 atom stereocenters. The summed E-state index contributed by atoms with van der Waals surface area (Å²) in [5.74, 6) is 0. The molecule has 0 saturated heterocycles. The minimum absolute atomic E-state index is 0.764. The van der Waals surface area contributed by atoms with Crippen molar-refractivity contribution in [1.29, 1.82) is 0 Å². The predicted octanol–water partition coefficient (Wildman–Crippen LogP) is 3.49. The van der Waals surface area contributed by atoms with Crippen LogP contribution in [0.15, 0.2) is 47.2 Å². The molecule has 96 valence electrons. The second-order valence-corrected chi connectivity index (χ2v) is 4.63. The molecule has 0 spiro atoms. The molecule has 0 aliphatic carbocycles. The number of oxazole rings is 1. The Balaban J connectivity index is 2.04. The van der Waals surface area contributed by atoms with Crippen molar-refractivity contribution in [3.63, 3.8) is 0 Å². The van der Waals surface area contributed by atoms with E-state index in [1.165, 1.54) is 6.39 Å². The molecule has 4 heteroatoms. The normalized spacial score (nSPS) is 10.8. The van der Waals surface area contributed by atoms with Gasteiger partial charge in [-0.1, -0.05) is 6.07 Å². The van der Waals surface area contributed by atoms with Gasteiger partial charge in [-0.15, -0.1) is 0 Å². The second kappa shape index (κ2) is 4.31. The number of aryl methyl sites for hydroxylation is 1. The maximum atomic E-state index is 6.07. The van der Waals surface area contributed by atoms with Crippen molar-refractivity contribution in [2.75, 3.05) is 17.7 Å². The Hall–Kier alpha value is -2.49. The van der Waals surface area contributed by atoms with Crippen molar-refractivity contribution in [2.45, 2.75) is 6.92 Å². The topological polar surface area (TPSA) is 55.3 Å². The molecule has 0 amide bonds. The number of nitrogen functional groups attached to an aromatic ring is 1. The van der Waals surface area contributed by atoms with Crippen LogP contribution in [-0.2, 0) is 0 Å². The third kappa shape index (κ3) is 2.01. The molecule has 2 N–H and O–H groups in total. The van der Waals surface area contributed by atoms with E-state index in [-0.39, 0.29) is 0 Å². The number of rotatable bonds is 2. The van der Waals surface area contributed by atoms with Gasteiger partial charge in [0.15, 0.2) is 12.0 Å². The van der Waals surface area contributed by atoms with Crippen molar-refractivity contribution in [1.82, 2.24) is 4.98 Å². The van der Waals surface area contributed by atoms with Crippen LogP contribution in [0.2, 0.25) is 0 Å². The van der Waals surface area contributed by atoms with Gasteiger partial charge < -0.3 is 15.1 Å².